The molecule has 6 nitrogen and oxygen atoms in total. The predicted octanol–water partition coefficient (Wildman–Crippen LogP) is 2.26. The van der Waals surface area contributed by atoms with Crippen LogP contribution < -0.4 is 10.1 Å². The van der Waals surface area contributed by atoms with Crippen LogP contribution in [0.15, 0.2) is 36.9 Å². The van der Waals surface area contributed by atoms with E-state index < -0.39 is 11.9 Å². The molecule has 23 heavy (non-hydrogen) atoms. The quantitative estimate of drug-likeness (QED) is 0.789. The van der Waals surface area contributed by atoms with Crippen molar-refractivity contribution in [1.29, 1.82) is 0 Å². The highest BCUT2D eigenvalue weighted by molar-refractivity contribution is 5.76. The van der Waals surface area contributed by atoms with Gasteiger partial charge in [-0.25, -0.2) is 4.79 Å². The van der Waals surface area contributed by atoms with Crippen LogP contribution in [0.1, 0.15) is 18.4 Å². The highest BCUT2D eigenvalue weighted by atomic mass is 16.5. The lowest BCUT2D eigenvalue weighted by Crippen LogP contribution is -2.46. The Morgan fingerprint density at radius 2 is 2.13 bits per heavy atom. The van der Waals surface area contributed by atoms with Gasteiger partial charge in [-0.3, -0.25) is 4.79 Å². The largest absolute Gasteiger partial charge is 0.490 e. The zero-order valence-corrected chi connectivity index (χ0v) is 13.0. The number of ether oxygens (including phenoxy) is 1. The number of aliphatic carboxylic acids is 1. The smallest absolute Gasteiger partial charge is 0.317 e. The number of carbonyl (C=O) groups is 2. The SMILES string of the molecule is C=CCOc1ccc(CNC(=O)N2CCCC(C(=O)O)C2)cc1. The second-order valence-corrected chi connectivity index (χ2v) is 5.53. The van der Waals surface area contributed by atoms with Crippen LogP contribution in [-0.2, 0) is 11.3 Å². The maximum Gasteiger partial charge on any atom is 0.317 e. The zero-order chi connectivity index (χ0) is 16.7. The van der Waals surface area contributed by atoms with Gasteiger partial charge in [0.1, 0.15) is 12.4 Å². The lowest BCUT2D eigenvalue weighted by Gasteiger charge is -2.30. The molecule has 2 N–H and O–H groups in total. The van der Waals surface area contributed by atoms with Crippen LogP contribution in [0.2, 0.25) is 0 Å². The first-order chi connectivity index (χ1) is 11.1. The van der Waals surface area contributed by atoms with Crippen LogP contribution in [0.5, 0.6) is 5.75 Å². The van der Waals surface area contributed by atoms with Crippen LogP contribution >= 0.6 is 0 Å². The molecule has 0 spiro atoms. The number of carboxylic acids is 1. The highest BCUT2D eigenvalue weighted by Crippen LogP contribution is 2.17. The van der Waals surface area contributed by atoms with Gasteiger partial charge in [0.25, 0.3) is 0 Å². The van der Waals surface area contributed by atoms with Crippen molar-refractivity contribution < 1.29 is 19.4 Å². The second kappa shape index (κ2) is 8.22. The number of carboxylic acid groups (broad SMARTS) is 1. The fourth-order valence-electron chi connectivity index (χ4n) is 2.51. The van der Waals surface area contributed by atoms with E-state index >= 15 is 0 Å². The molecule has 0 bridgehead atoms. The van der Waals surface area contributed by atoms with Crippen LogP contribution in [-0.4, -0.2) is 41.7 Å². The van der Waals surface area contributed by atoms with E-state index in [1.165, 1.54) is 0 Å². The third-order valence-corrected chi connectivity index (χ3v) is 3.79. The maximum absolute atomic E-state index is 12.1. The van der Waals surface area contributed by atoms with E-state index in [0.717, 1.165) is 17.7 Å². The van der Waals surface area contributed by atoms with Gasteiger partial charge in [0.2, 0.25) is 0 Å². The summed E-state index contributed by atoms with van der Waals surface area (Å²) in [5.41, 5.74) is 0.955. The van der Waals surface area contributed by atoms with Crippen molar-refractivity contribution in [2.45, 2.75) is 19.4 Å². The van der Waals surface area contributed by atoms with Gasteiger partial charge in [0.15, 0.2) is 0 Å². The lowest BCUT2D eigenvalue weighted by molar-refractivity contribution is -0.143. The first kappa shape index (κ1) is 16.9. The van der Waals surface area contributed by atoms with Crippen LogP contribution in [0.3, 0.4) is 0 Å². The van der Waals surface area contributed by atoms with Gasteiger partial charge in [-0.15, -0.1) is 0 Å². The number of hydrogen-bond donors (Lipinski definition) is 2. The number of urea groups is 1. The normalized spacial score (nSPS) is 17.4. The summed E-state index contributed by atoms with van der Waals surface area (Å²) in [4.78, 5) is 24.7. The number of rotatable bonds is 6. The summed E-state index contributed by atoms with van der Waals surface area (Å²) in [6.45, 7) is 5.32. The Balaban J connectivity index is 1.81. The summed E-state index contributed by atoms with van der Waals surface area (Å²) in [5.74, 6) is -0.547. The van der Waals surface area contributed by atoms with E-state index in [2.05, 4.69) is 11.9 Å². The second-order valence-electron chi connectivity index (χ2n) is 5.53. The molecule has 1 unspecified atom stereocenters. The van der Waals surface area contributed by atoms with E-state index in [-0.39, 0.29) is 12.6 Å². The first-order valence-electron chi connectivity index (χ1n) is 7.68. The molecule has 1 heterocycles. The van der Waals surface area contributed by atoms with Crippen molar-refractivity contribution >= 4 is 12.0 Å². The van der Waals surface area contributed by atoms with E-state index in [4.69, 9.17) is 9.84 Å². The molecule has 1 atom stereocenters. The van der Waals surface area contributed by atoms with Gasteiger partial charge in [0, 0.05) is 19.6 Å². The maximum atomic E-state index is 12.1. The molecular formula is C17H22N2O4. The van der Waals surface area contributed by atoms with Crippen molar-refractivity contribution in [3.63, 3.8) is 0 Å². The molecule has 0 saturated carbocycles. The molecule has 1 aliphatic rings. The number of piperidine rings is 1. The van der Waals surface area contributed by atoms with Gasteiger partial charge < -0.3 is 20.1 Å². The third-order valence-electron chi connectivity index (χ3n) is 3.79. The Morgan fingerprint density at radius 3 is 2.78 bits per heavy atom. The van der Waals surface area contributed by atoms with Gasteiger partial charge in [-0.1, -0.05) is 24.8 Å². The zero-order valence-electron chi connectivity index (χ0n) is 13.0. The molecule has 1 fully saturated rings. The summed E-state index contributed by atoms with van der Waals surface area (Å²) < 4.78 is 5.40. The number of benzene rings is 1. The molecule has 1 aromatic carbocycles. The Hall–Kier alpha value is -2.50. The Kier molecular flexibility index (Phi) is 6.02. The molecule has 1 aliphatic heterocycles. The van der Waals surface area contributed by atoms with Crippen molar-refractivity contribution in [2.75, 3.05) is 19.7 Å². The molecule has 6 heteroatoms. The molecule has 0 aliphatic carbocycles. The minimum Gasteiger partial charge on any atom is -0.490 e. The summed E-state index contributed by atoms with van der Waals surface area (Å²) in [6.07, 6.45) is 3.03. The van der Waals surface area contributed by atoms with Gasteiger partial charge in [0.05, 0.1) is 5.92 Å². The van der Waals surface area contributed by atoms with E-state index in [9.17, 15) is 9.59 Å². The fraction of sp³-hybridized carbons (Fsp3) is 0.412. The standard InChI is InChI=1S/C17H22N2O4/c1-2-10-23-15-7-5-13(6-8-15)11-18-17(22)19-9-3-4-14(12-19)16(20)21/h2,5-8,14H,1,3-4,9-12H2,(H,18,22)(H,20,21). The average Bonchev–Trinajstić information content (AvgIpc) is 2.58. The molecule has 124 valence electrons. The van der Waals surface area contributed by atoms with Crippen LogP contribution in [0.25, 0.3) is 0 Å². The van der Waals surface area contributed by atoms with E-state index in [1.54, 1.807) is 11.0 Å². The van der Waals surface area contributed by atoms with Crippen molar-refractivity contribution in [3.05, 3.63) is 42.5 Å². The molecular weight excluding hydrogens is 296 g/mol. The molecule has 2 rings (SSSR count). The number of carbonyl (C=O) groups excluding carboxylic acids is 1. The lowest BCUT2D eigenvalue weighted by atomic mass is 9.99. The summed E-state index contributed by atoms with van der Waals surface area (Å²) in [6, 6.07) is 7.23. The average molecular weight is 318 g/mol. The Labute approximate surface area is 135 Å². The topological polar surface area (TPSA) is 78.9 Å². The number of nitrogens with one attached hydrogen (secondary N) is 1. The minimum absolute atomic E-state index is 0.220. The predicted molar refractivity (Wildman–Crippen MR) is 86.3 cm³/mol. The fourth-order valence-corrected chi connectivity index (χ4v) is 2.51. The van der Waals surface area contributed by atoms with Crippen molar-refractivity contribution in [3.8, 4) is 5.75 Å². The molecule has 2 amide bonds. The number of hydrogen-bond acceptors (Lipinski definition) is 3. The highest BCUT2D eigenvalue weighted by Gasteiger charge is 2.27. The van der Waals surface area contributed by atoms with Crippen LogP contribution in [0, 0.1) is 5.92 Å². The molecule has 1 saturated heterocycles. The summed E-state index contributed by atoms with van der Waals surface area (Å²) in [5, 5.41) is 11.9. The van der Waals surface area contributed by atoms with E-state index in [0.29, 0.717) is 26.1 Å². The number of likely N-dealkylation sites (tertiary alicyclic amines) is 1. The Morgan fingerprint density at radius 1 is 1.39 bits per heavy atom. The van der Waals surface area contributed by atoms with Crippen molar-refractivity contribution in [1.82, 2.24) is 10.2 Å². The monoisotopic (exact) mass is 318 g/mol. The number of nitrogens with zero attached hydrogens (tertiary/aromatic N) is 1. The summed E-state index contributed by atoms with van der Waals surface area (Å²) in [7, 11) is 0. The number of amides is 2. The van der Waals surface area contributed by atoms with Crippen molar-refractivity contribution in [2.24, 2.45) is 5.92 Å². The third kappa shape index (κ3) is 5.02. The molecule has 0 radical (unpaired) electrons. The van der Waals surface area contributed by atoms with Gasteiger partial charge in [-0.2, -0.15) is 0 Å². The molecule has 0 aromatic heterocycles. The first-order valence-corrected chi connectivity index (χ1v) is 7.68. The van der Waals surface area contributed by atoms with Gasteiger partial charge in [-0.05, 0) is 30.5 Å². The minimum atomic E-state index is -0.836. The van der Waals surface area contributed by atoms with E-state index in [1.807, 2.05) is 24.3 Å². The molecule has 1 aromatic rings. The Bertz CT molecular complexity index is 556. The van der Waals surface area contributed by atoms with Crippen LogP contribution in [0.4, 0.5) is 4.79 Å². The van der Waals surface area contributed by atoms with Gasteiger partial charge >= 0.3 is 12.0 Å². The summed E-state index contributed by atoms with van der Waals surface area (Å²) >= 11 is 0.